The minimum absolute atomic E-state index is 0.0466. The molecule has 0 aromatic heterocycles. The Morgan fingerprint density at radius 2 is 1.62 bits per heavy atom. The van der Waals surface area contributed by atoms with E-state index in [1.165, 1.54) is 0 Å². The van der Waals surface area contributed by atoms with Gasteiger partial charge >= 0.3 is 18.2 Å². The van der Waals surface area contributed by atoms with Crippen molar-refractivity contribution < 1.29 is 37.8 Å². The van der Waals surface area contributed by atoms with E-state index in [1.54, 1.807) is 31.0 Å². The van der Waals surface area contributed by atoms with Gasteiger partial charge in [-0.15, -0.1) is 0 Å². The van der Waals surface area contributed by atoms with Crippen LogP contribution in [0.2, 0.25) is 0 Å². The summed E-state index contributed by atoms with van der Waals surface area (Å²) in [5.41, 5.74) is 0.446. The molecular weight excluding hydrogens is 495 g/mol. The number of nitrogens with zero attached hydrogens (tertiary/aromatic N) is 3. The molecule has 0 bridgehead atoms. The zero-order valence-electron chi connectivity index (χ0n) is 21.9. The molecule has 1 saturated heterocycles. The second-order valence-electron chi connectivity index (χ2n) is 9.36. The van der Waals surface area contributed by atoms with Crippen molar-refractivity contribution in [2.24, 2.45) is 5.92 Å². The first-order valence-corrected chi connectivity index (χ1v) is 11.9. The Labute approximate surface area is 215 Å². The molecule has 1 fully saturated rings. The molecule has 10 nitrogen and oxygen atoms in total. The van der Waals surface area contributed by atoms with Crippen LogP contribution < -0.4 is 15.5 Å². The number of hydrogen-bond donors (Lipinski definition) is 4. The van der Waals surface area contributed by atoms with E-state index in [2.05, 4.69) is 27.5 Å². The zero-order chi connectivity index (χ0) is 28.4. The lowest BCUT2D eigenvalue weighted by Gasteiger charge is -2.32. The number of carboxylic acid groups (broad SMARTS) is 1. The van der Waals surface area contributed by atoms with E-state index < -0.39 is 17.7 Å². The number of aliphatic carboxylic acids is 1. The predicted molar refractivity (Wildman–Crippen MR) is 135 cm³/mol. The average Bonchev–Trinajstić information content (AvgIpc) is 2.83. The third kappa shape index (κ3) is 11.4. The normalized spacial score (nSPS) is 17.0. The number of rotatable bonds is 8. The maximum atomic E-state index is 12.6. The Morgan fingerprint density at radius 3 is 2.08 bits per heavy atom. The van der Waals surface area contributed by atoms with Crippen LogP contribution in [0.15, 0.2) is 24.3 Å². The van der Waals surface area contributed by atoms with Crippen LogP contribution in [-0.4, -0.2) is 103 Å². The number of anilines is 2. The van der Waals surface area contributed by atoms with Crippen molar-refractivity contribution in [3.8, 4) is 0 Å². The number of aliphatic hydroxyl groups is 1. The largest absolute Gasteiger partial charge is 0.490 e. The molecule has 4 N–H and O–H groups in total. The number of carbonyl (C=O) groups excluding carboxylic acids is 2. The second-order valence-corrected chi connectivity index (χ2v) is 9.36. The van der Waals surface area contributed by atoms with Crippen LogP contribution in [-0.2, 0) is 9.59 Å². The van der Waals surface area contributed by atoms with Crippen LogP contribution in [0.1, 0.15) is 27.2 Å². The van der Waals surface area contributed by atoms with Crippen LogP contribution in [0.4, 0.5) is 29.3 Å². The molecule has 3 amide bonds. The number of benzene rings is 1. The standard InChI is InChI=1S/C22H37N5O3.C2HF3O2/c1-6-17(2)22(3,30)16-23-21(29)24-18-7-9-19(10-8-18)26(5)20(28)15-27-13-11-25(4)12-14-27;3-2(4,5)1(6)7/h7-10,17,30H,6,11-16H2,1-5H3,(H2,23,24,29);(H,6,7). The quantitative estimate of drug-likeness (QED) is 0.405. The molecule has 1 aromatic carbocycles. The molecule has 1 aromatic rings. The SMILES string of the molecule is CCC(C)C(C)(O)CNC(=O)Nc1ccc(N(C)C(=O)CN2CCN(C)CC2)cc1.O=C(O)C(F)(F)F. The summed E-state index contributed by atoms with van der Waals surface area (Å²) in [6.07, 6.45) is -4.25. The number of carboxylic acids is 1. The number of carbonyl (C=O) groups is 3. The van der Waals surface area contributed by atoms with E-state index >= 15 is 0 Å². The van der Waals surface area contributed by atoms with E-state index in [4.69, 9.17) is 9.90 Å². The van der Waals surface area contributed by atoms with Crippen molar-refractivity contribution >= 4 is 29.3 Å². The van der Waals surface area contributed by atoms with E-state index in [-0.39, 0.29) is 24.4 Å². The van der Waals surface area contributed by atoms with Gasteiger partial charge in [0.05, 0.1) is 12.1 Å². The molecule has 37 heavy (non-hydrogen) atoms. The number of hydrogen-bond acceptors (Lipinski definition) is 6. The molecule has 13 heteroatoms. The molecule has 2 rings (SSSR count). The summed E-state index contributed by atoms with van der Waals surface area (Å²) in [6, 6.07) is 6.79. The molecule has 1 aliphatic rings. The van der Waals surface area contributed by atoms with Crippen molar-refractivity contribution in [3.63, 3.8) is 0 Å². The van der Waals surface area contributed by atoms with E-state index in [0.717, 1.165) is 38.3 Å². The highest BCUT2D eigenvalue weighted by molar-refractivity contribution is 5.95. The number of alkyl halides is 3. The third-order valence-corrected chi connectivity index (χ3v) is 6.36. The van der Waals surface area contributed by atoms with Gasteiger partial charge in [0, 0.05) is 51.1 Å². The summed E-state index contributed by atoms with van der Waals surface area (Å²) in [4.78, 5) is 39.7. The third-order valence-electron chi connectivity index (χ3n) is 6.36. The van der Waals surface area contributed by atoms with Gasteiger partial charge in [-0.2, -0.15) is 13.2 Å². The van der Waals surface area contributed by atoms with Crippen molar-refractivity contribution in [2.45, 2.75) is 39.0 Å². The van der Waals surface area contributed by atoms with Gasteiger partial charge in [-0.25, -0.2) is 9.59 Å². The van der Waals surface area contributed by atoms with Crippen molar-refractivity contribution in [1.29, 1.82) is 0 Å². The number of piperazine rings is 1. The zero-order valence-corrected chi connectivity index (χ0v) is 21.9. The Hall–Kier alpha value is -2.90. The van der Waals surface area contributed by atoms with Crippen LogP contribution in [0.5, 0.6) is 0 Å². The van der Waals surface area contributed by atoms with E-state index in [0.29, 0.717) is 12.2 Å². The minimum Gasteiger partial charge on any atom is -0.475 e. The Bertz CT molecular complexity index is 888. The Balaban J connectivity index is 0.000000856. The Morgan fingerprint density at radius 1 is 1.11 bits per heavy atom. The van der Waals surface area contributed by atoms with Crippen molar-refractivity contribution in [2.75, 3.05) is 63.6 Å². The maximum absolute atomic E-state index is 12.6. The highest BCUT2D eigenvalue weighted by atomic mass is 19.4. The van der Waals surface area contributed by atoms with Crippen LogP contribution >= 0.6 is 0 Å². The minimum atomic E-state index is -5.08. The van der Waals surface area contributed by atoms with E-state index in [1.807, 2.05) is 26.0 Å². The highest BCUT2D eigenvalue weighted by Crippen LogP contribution is 2.20. The summed E-state index contributed by atoms with van der Waals surface area (Å²) in [6.45, 7) is 10.0. The molecule has 2 atom stereocenters. The second kappa shape index (κ2) is 14.1. The van der Waals surface area contributed by atoms with E-state index in [9.17, 15) is 27.9 Å². The molecule has 0 spiro atoms. The fraction of sp³-hybridized carbons (Fsp3) is 0.625. The average molecular weight is 534 g/mol. The number of likely N-dealkylation sites (N-methyl/N-ethyl adjacent to an activating group) is 2. The van der Waals surface area contributed by atoms with Gasteiger partial charge in [0.15, 0.2) is 0 Å². The van der Waals surface area contributed by atoms with Crippen LogP contribution in [0.25, 0.3) is 0 Å². The number of amides is 3. The maximum Gasteiger partial charge on any atom is 0.490 e. The summed E-state index contributed by atoms with van der Waals surface area (Å²) in [5.74, 6) is -2.63. The molecule has 0 radical (unpaired) electrons. The predicted octanol–water partition coefficient (Wildman–Crippen LogP) is 2.45. The fourth-order valence-corrected chi connectivity index (χ4v) is 3.26. The summed E-state index contributed by atoms with van der Waals surface area (Å²) >= 11 is 0. The number of nitrogens with one attached hydrogen (secondary N) is 2. The molecule has 210 valence electrons. The van der Waals surface area contributed by atoms with Crippen LogP contribution in [0, 0.1) is 5.92 Å². The smallest absolute Gasteiger partial charge is 0.475 e. The summed E-state index contributed by atoms with van der Waals surface area (Å²) < 4.78 is 31.7. The number of halogens is 3. The monoisotopic (exact) mass is 533 g/mol. The summed E-state index contributed by atoms with van der Waals surface area (Å²) in [5, 5.41) is 23.0. The Kier molecular flexibility index (Phi) is 12.3. The first kappa shape index (κ1) is 32.1. The molecule has 2 unspecified atom stereocenters. The molecule has 0 aliphatic carbocycles. The lowest BCUT2D eigenvalue weighted by molar-refractivity contribution is -0.192. The van der Waals surface area contributed by atoms with Gasteiger partial charge in [-0.1, -0.05) is 20.3 Å². The van der Waals surface area contributed by atoms with Gasteiger partial charge in [-0.3, -0.25) is 9.69 Å². The first-order valence-electron chi connectivity index (χ1n) is 11.9. The van der Waals surface area contributed by atoms with Gasteiger partial charge in [0.1, 0.15) is 0 Å². The van der Waals surface area contributed by atoms with Gasteiger partial charge in [-0.05, 0) is 44.2 Å². The molecular formula is C24H38F3N5O5. The van der Waals surface area contributed by atoms with Gasteiger partial charge in [0.2, 0.25) is 5.91 Å². The summed E-state index contributed by atoms with van der Waals surface area (Å²) in [7, 11) is 3.86. The first-order chi connectivity index (χ1) is 17.1. The molecule has 1 aliphatic heterocycles. The highest BCUT2D eigenvalue weighted by Gasteiger charge is 2.38. The van der Waals surface area contributed by atoms with Gasteiger partial charge < -0.3 is 30.6 Å². The molecule has 1 heterocycles. The van der Waals surface area contributed by atoms with Crippen molar-refractivity contribution in [3.05, 3.63) is 24.3 Å². The lowest BCUT2D eigenvalue weighted by Crippen LogP contribution is -2.48. The number of urea groups is 1. The fourth-order valence-electron chi connectivity index (χ4n) is 3.26. The van der Waals surface area contributed by atoms with Crippen molar-refractivity contribution in [1.82, 2.24) is 15.1 Å². The lowest BCUT2D eigenvalue weighted by atomic mass is 9.89. The molecule has 0 saturated carbocycles. The van der Waals surface area contributed by atoms with Gasteiger partial charge in [0.25, 0.3) is 0 Å². The van der Waals surface area contributed by atoms with Crippen LogP contribution in [0.3, 0.4) is 0 Å². The topological polar surface area (TPSA) is 125 Å².